The number of carbonyl (C=O) groups excluding carboxylic acids is 1. The minimum Gasteiger partial charge on any atom is -0.744 e. The Morgan fingerprint density at radius 1 is 1.06 bits per heavy atom. The zero-order chi connectivity index (χ0) is 24.6. The van der Waals surface area contributed by atoms with Crippen LogP contribution in [0.2, 0.25) is 0 Å². The summed E-state index contributed by atoms with van der Waals surface area (Å²) in [5, 5.41) is 0. The fourth-order valence-electron chi connectivity index (χ4n) is 4.31. The van der Waals surface area contributed by atoms with E-state index in [0.717, 1.165) is 25.7 Å². The van der Waals surface area contributed by atoms with Crippen molar-refractivity contribution in [3.63, 3.8) is 0 Å². The molecule has 3 rings (SSSR count). The zero-order valence-corrected chi connectivity index (χ0v) is 20.4. The van der Waals surface area contributed by atoms with E-state index in [9.17, 15) is 22.2 Å². The largest absolute Gasteiger partial charge is 0.744 e. The van der Waals surface area contributed by atoms with Crippen LogP contribution < -0.4 is 9.47 Å². The number of esters is 1. The molecule has 33 heavy (non-hydrogen) atoms. The molecule has 0 radical (unpaired) electrons. The highest BCUT2D eigenvalue weighted by molar-refractivity contribution is 7.85. The predicted octanol–water partition coefficient (Wildman–Crippen LogP) is 5.73. The van der Waals surface area contributed by atoms with Crippen molar-refractivity contribution in [3.05, 3.63) is 52.8 Å². The van der Waals surface area contributed by atoms with Crippen molar-refractivity contribution in [1.29, 1.82) is 0 Å². The first-order chi connectivity index (χ1) is 15.3. The Kier molecular flexibility index (Phi) is 7.19. The lowest BCUT2D eigenvalue weighted by atomic mass is 9.88. The second-order valence-electron chi connectivity index (χ2n) is 9.33. The van der Waals surface area contributed by atoms with Gasteiger partial charge >= 0.3 is 5.97 Å². The summed E-state index contributed by atoms with van der Waals surface area (Å²) in [6, 6.07) is 6.45. The predicted molar refractivity (Wildman–Crippen MR) is 121 cm³/mol. The maximum atomic E-state index is 14.5. The molecule has 0 saturated heterocycles. The molecule has 180 valence electrons. The fraction of sp³-hybridized carbons (Fsp3) is 0.480. The van der Waals surface area contributed by atoms with E-state index in [2.05, 4.69) is 0 Å². The van der Waals surface area contributed by atoms with Crippen molar-refractivity contribution in [2.24, 2.45) is 5.92 Å². The van der Waals surface area contributed by atoms with Gasteiger partial charge in [-0.15, -0.1) is 0 Å². The first-order valence-corrected chi connectivity index (χ1v) is 12.6. The highest BCUT2D eigenvalue weighted by Gasteiger charge is 2.39. The van der Waals surface area contributed by atoms with Gasteiger partial charge < -0.3 is 14.0 Å². The number of aryl methyl sites for hydroxylation is 1. The minimum atomic E-state index is -4.68. The second kappa shape index (κ2) is 9.43. The lowest BCUT2D eigenvalue weighted by molar-refractivity contribution is 0.0250. The van der Waals surface area contributed by atoms with Crippen LogP contribution in [0.3, 0.4) is 0 Å². The number of hydrogen-bond acceptors (Lipinski definition) is 6. The normalized spacial score (nSPS) is 15.8. The Bertz CT molecular complexity index is 1150. The monoisotopic (exact) mass is 477 g/mol. The first kappa shape index (κ1) is 25.2. The van der Waals surface area contributed by atoms with Gasteiger partial charge in [0.05, 0.1) is 10.5 Å². The molecular weight excluding hydrogens is 447 g/mol. The van der Waals surface area contributed by atoms with Gasteiger partial charge in [0.2, 0.25) is 0 Å². The highest BCUT2D eigenvalue weighted by Crippen LogP contribution is 2.41. The number of carbonyl (C=O) groups is 1. The topological polar surface area (TPSA) is 92.7 Å². The standard InChI is InChI=1S/C25H31FO6S/c1-15(2)19-14-21(17(5)12-23(19)33(28,29)30)31-24(27)18-8-9-20(26)22(13-18)32-25(16(3)4)10-6-7-11-25/h8-9,12-16H,6-7,10-11H2,1-5H3,(H,28,29,30)/p-1. The molecule has 1 saturated carbocycles. The summed E-state index contributed by atoms with van der Waals surface area (Å²) in [6.07, 6.45) is 3.66. The molecule has 1 aliphatic rings. The van der Waals surface area contributed by atoms with Crippen LogP contribution in [-0.2, 0) is 10.1 Å². The smallest absolute Gasteiger partial charge is 0.343 e. The summed E-state index contributed by atoms with van der Waals surface area (Å²) in [7, 11) is -4.68. The quantitative estimate of drug-likeness (QED) is 0.287. The van der Waals surface area contributed by atoms with Crippen molar-refractivity contribution >= 4 is 16.1 Å². The molecule has 0 heterocycles. The summed E-state index contributed by atoms with van der Waals surface area (Å²) in [4.78, 5) is 12.5. The maximum Gasteiger partial charge on any atom is 0.343 e. The molecule has 0 atom stereocenters. The molecule has 8 heteroatoms. The molecule has 0 spiro atoms. The van der Waals surface area contributed by atoms with E-state index in [0.29, 0.717) is 5.56 Å². The van der Waals surface area contributed by atoms with E-state index in [1.807, 2.05) is 13.8 Å². The van der Waals surface area contributed by atoms with E-state index in [4.69, 9.17) is 9.47 Å². The number of rotatable bonds is 7. The molecule has 1 fully saturated rings. The van der Waals surface area contributed by atoms with Crippen LogP contribution in [0.1, 0.15) is 80.8 Å². The Labute approximate surface area is 194 Å². The lowest BCUT2D eigenvalue weighted by Gasteiger charge is -2.34. The van der Waals surface area contributed by atoms with Gasteiger partial charge in [0.1, 0.15) is 21.5 Å². The Morgan fingerprint density at radius 3 is 2.24 bits per heavy atom. The Hall–Kier alpha value is -2.45. The maximum absolute atomic E-state index is 14.5. The third-order valence-electron chi connectivity index (χ3n) is 6.38. The second-order valence-corrected chi connectivity index (χ2v) is 10.7. The molecule has 0 N–H and O–H groups in total. The van der Waals surface area contributed by atoms with Crippen LogP contribution in [0.4, 0.5) is 4.39 Å². The van der Waals surface area contributed by atoms with Crippen molar-refractivity contribution in [3.8, 4) is 11.5 Å². The third kappa shape index (κ3) is 5.38. The highest BCUT2D eigenvalue weighted by atomic mass is 32.2. The third-order valence-corrected chi connectivity index (χ3v) is 7.28. The summed E-state index contributed by atoms with van der Waals surface area (Å²) >= 11 is 0. The van der Waals surface area contributed by atoms with Crippen LogP contribution in [0.15, 0.2) is 35.2 Å². The summed E-state index contributed by atoms with van der Waals surface area (Å²) in [5.41, 5.74) is 0.229. The summed E-state index contributed by atoms with van der Waals surface area (Å²) in [5.74, 6) is -1.25. The number of halogens is 1. The number of hydrogen-bond donors (Lipinski definition) is 0. The van der Waals surface area contributed by atoms with E-state index in [-0.39, 0.29) is 39.4 Å². The van der Waals surface area contributed by atoms with Crippen molar-refractivity contribution in [2.75, 3.05) is 0 Å². The SMILES string of the molecule is Cc1cc(S(=O)(=O)[O-])c(C(C)C)cc1OC(=O)c1ccc(F)c(OC2(C(C)C)CCCC2)c1. The van der Waals surface area contributed by atoms with Crippen LogP contribution in [0.5, 0.6) is 11.5 Å². The van der Waals surface area contributed by atoms with E-state index >= 15 is 0 Å². The summed E-state index contributed by atoms with van der Waals surface area (Å²) < 4.78 is 61.1. The van der Waals surface area contributed by atoms with Crippen LogP contribution in [0, 0.1) is 18.7 Å². The van der Waals surface area contributed by atoms with Crippen LogP contribution in [0.25, 0.3) is 0 Å². The molecule has 6 nitrogen and oxygen atoms in total. The van der Waals surface area contributed by atoms with Crippen molar-refractivity contribution in [2.45, 2.75) is 76.7 Å². The van der Waals surface area contributed by atoms with Gasteiger partial charge in [0.25, 0.3) is 0 Å². The molecule has 0 aliphatic heterocycles. The van der Waals surface area contributed by atoms with Crippen molar-refractivity contribution in [1.82, 2.24) is 0 Å². The minimum absolute atomic E-state index is 0.00689. The number of ether oxygens (including phenoxy) is 2. The number of benzene rings is 2. The van der Waals surface area contributed by atoms with Gasteiger partial charge in [-0.05, 0) is 85.9 Å². The fourth-order valence-corrected chi connectivity index (χ4v) is 5.22. The van der Waals surface area contributed by atoms with Gasteiger partial charge in [-0.3, -0.25) is 0 Å². The van der Waals surface area contributed by atoms with Gasteiger partial charge in [0, 0.05) is 0 Å². The lowest BCUT2D eigenvalue weighted by Crippen LogP contribution is -2.38. The van der Waals surface area contributed by atoms with E-state index in [1.54, 1.807) is 20.8 Å². The molecule has 2 aromatic rings. The van der Waals surface area contributed by atoms with E-state index in [1.165, 1.54) is 30.3 Å². The van der Waals surface area contributed by atoms with Gasteiger partial charge in [-0.25, -0.2) is 17.6 Å². The van der Waals surface area contributed by atoms with E-state index < -0.39 is 27.5 Å². The van der Waals surface area contributed by atoms with Gasteiger partial charge in [-0.1, -0.05) is 27.7 Å². The Balaban J connectivity index is 1.91. The zero-order valence-electron chi connectivity index (χ0n) is 19.6. The molecular formula is C25H30FO6S-. The molecule has 2 aromatic carbocycles. The van der Waals surface area contributed by atoms with Gasteiger partial charge in [-0.2, -0.15) is 0 Å². The Morgan fingerprint density at radius 2 is 1.70 bits per heavy atom. The molecule has 0 amide bonds. The van der Waals surface area contributed by atoms with Crippen molar-refractivity contribution < 1.29 is 31.6 Å². The molecule has 0 bridgehead atoms. The first-order valence-electron chi connectivity index (χ1n) is 11.2. The average Bonchev–Trinajstić information content (AvgIpc) is 3.20. The van der Waals surface area contributed by atoms with Crippen LogP contribution >= 0.6 is 0 Å². The molecule has 0 unspecified atom stereocenters. The molecule has 0 aromatic heterocycles. The summed E-state index contributed by atoms with van der Waals surface area (Å²) in [6.45, 7) is 9.11. The average molecular weight is 478 g/mol. The van der Waals surface area contributed by atoms with Crippen LogP contribution in [-0.4, -0.2) is 24.5 Å². The van der Waals surface area contributed by atoms with Gasteiger partial charge in [0.15, 0.2) is 11.6 Å². The molecule has 1 aliphatic carbocycles.